The molecule has 2 aromatic rings. The van der Waals surface area contributed by atoms with Crippen LogP contribution in [0.15, 0.2) is 46.0 Å². The van der Waals surface area contributed by atoms with Crippen molar-refractivity contribution in [3.8, 4) is 0 Å². The van der Waals surface area contributed by atoms with Crippen LogP contribution in [0.5, 0.6) is 0 Å². The normalized spacial score (nSPS) is 11.2. The minimum absolute atomic E-state index is 0.120. The van der Waals surface area contributed by atoms with Crippen molar-refractivity contribution in [2.24, 2.45) is 0 Å². The third-order valence-corrected chi connectivity index (χ3v) is 4.03. The topological polar surface area (TPSA) is 72.0 Å². The Balaban J connectivity index is 2.33. The third-order valence-electron chi connectivity index (χ3n) is 1.98. The zero-order chi connectivity index (χ0) is 13.2. The molecule has 1 heterocycles. The Morgan fingerprint density at radius 2 is 2.00 bits per heavy atom. The molecular formula is C10H7BrClN3O2S. The summed E-state index contributed by atoms with van der Waals surface area (Å²) >= 11 is 8.86. The lowest BCUT2D eigenvalue weighted by Crippen LogP contribution is -2.13. The zero-order valence-electron chi connectivity index (χ0n) is 8.84. The van der Waals surface area contributed by atoms with Crippen molar-refractivity contribution in [1.29, 1.82) is 0 Å². The van der Waals surface area contributed by atoms with Crippen LogP contribution in [0.2, 0.25) is 5.15 Å². The van der Waals surface area contributed by atoms with Gasteiger partial charge >= 0.3 is 0 Å². The second-order valence-corrected chi connectivity index (χ2v) is 6.27. The van der Waals surface area contributed by atoms with Crippen molar-refractivity contribution >= 4 is 43.4 Å². The van der Waals surface area contributed by atoms with Gasteiger partial charge in [0, 0.05) is 10.5 Å². The van der Waals surface area contributed by atoms with Crippen LogP contribution >= 0.6 is 27.5 Å². The van der Waals surface area contributed by atoms with Crippen LogP contribution in [0.3, 0.4) is 0 Å². The smallest absolute Gasteiger partial charge is 0.263 e. The highest BCUT2D eigenvalue weighted by molar-refractivity contribution is 9.10. The summed E-state index contributed by atoms with van der Waals surface area (Å²) in [6.07, 6.45) is 1.18. The SMILES string of the molecule is O=S(=O)(Nc1cc(Cl)ncn1)c1cccc(Br)c1. The predicted molar refractivity (Wildman–Crippen MR) is 72.0 cm³/mol. The minimum atomic E-state index is -3.68. The quantitative estimate of drug-likeness (QED) is 0.866. The second kappa shape index (κ2) is 5.21. The molecule has 0 saturated carbocycles. The lowest BCUT2D eigenvalue weighted by Gasteiger charge is -2.07. The molecule has 8 heteroatoms. The van der Waals surface area contributed by atoms with E-state index in [0.29, 0.717) is 4.47 Å². The summed E-state index contributed by atoms with van der Waals surface area (Å²) < 4.78 is 27.1. The van der Waals surface area contributed by atoms with Gasteiger partial charge in [-0.05, 0) is 18.2 Å². The molecule has 5 nitrogen and oxygen atoms in total. The summed E-state index contributed by atoms with van der Waals surface area (Å²) in [6, 6.07) is 7.67. The van der Waals surface area contributed by atoms with E-state index < -0.39 is 10.0 Å². The highest BCUT2D eigenvalue weighted by Gasteiger charge is 2.15. The Bertz CT molecular complexity index is 678. The molecule has 1 N–H and O–H groups in total. The van der Waals surface area contributed by atoms with Crippen molar-refractivity contribution in [1.82, 2.24) is 9.97 Å². The fraction of sp³-hybridized carbons (Fsp3) is 0. The first-order chi connectivity index (χ1) is 8.47. The van der Waals surface area contributed by atoms with E-state index in [1.807, 2.05) is 0 Å². The molecule has 0 aliphatic heterocycles. The Morgan fingerprint density at radius 3 is 2.67 bits per heavy atom. The summed E-state index contributed by atoms with van der Waals surface area (Å²) in [4.78, 5) is 7.57. The van der Waals surface area contributed by atoms with Gasteiger partial charge in [-0.1, -0.05) is 33.6 Å². The number of nitrogens with zero attached hydrogens (tertiary/aromatic N) is 2. The Kier molecular flexibility index (Phi) is 3.84. The first-order valence-electron chi connectivity index (χ1n) is 4.73. The van der Waals surface area contributed by atoms with E-state index in [1.54, 1.807) is 12.1 Å². The summed E-state index contributed by atoms with van der Waals surface area (Å²) in [5, 5.41) is 0.164. The molecule has 2 rings (SSSR count). The molecule has 94 valence electrons. The fourth-order valence-corrected chi connectivity index (χ4v) is 2.96. The average Bonchev–Trinajstić information content (AvgIpc) is 2.28. The average molecular weight is 349 g/mol. The van der Waals surface area contributed by atoms with Crippen LogP contribution in [-0.4, -0.2) is 18.4 Å². The van der Waals surface area contributed by atoms with Gasteiger partial charge in [-0.15, -0.1) is 0 Å². The van der Waals surface area contributed by atoms with E-state index in [1.165, 1.54) is 24.5 Å². The molecular weight excluding hydrogens is 342 g/mol. The summed E-state index contributed by atoms with van der Waals surface area (Å²) in [7, 11) is -3.68. The molecule has 0 bridgehead atoms. The van der Waals surface area contributed by atoms with E-state index in [0.717, 1.165) is 0 Å². The standard InChI is InChI=1S/C10H7BrClN3O2S/c11-7-2-1-3-8(4-7)18(16,17)15-10-5-9(12)13-6-14-10/h1-6H,(H,13,14,15). The number of sulfonamides is 1. The molecule has 18 heavy (non-hydrogen) atoms. The Labute approximate surface area is 117 Å². The monoisotopic (exact) mass is 347 g/mol. The van der Waals surface area contributed by atoms with Crippen molar-refractivity contribution in [3.63, 3.8) is 0 Å². The van der Waals surface area contributed by atoms with Gasteiger partial charge in [-0.25, -0.2) is 18.4 Å². The minimum Gasteiger partial charge on any atom is -0.263 e. The lowest BCUT2D eigenvalue weighted by atomic mass is 10.4. The molecule has 0 atom stereocenters. The van der Waals surface area contributed by atoms with E-state index >= 15 is 0 Å². The number of hydrogen-bond donors (Lipinski definition) is 1. The number of anilines is 1. The Morgan fingerprint density at radius 1 is 1.22 bits per heavy atom. The van der Waals surface area contributed by atoms with Crippen LogP contribution < -0.4 is 4.72 Å². The molecule has 0 spiro atoms. The molecule has 0 saturated heterocycles. The van der Waals surface area contributed by atoms with Gasteiger partial charge in [0.15, 0.2) is 0 Å². The maximum Gasteiger partial charge on any atom is 0.263 e. The largest absolute Gasteiger partial charge is 0.263 e. The molecule has 0 unspecified atom stereocenters. The molecule has 0 radical (unpaired) electrons. The second-order valence-electron chi connectivity index (χ2n) is 3.29. The van der Waals surface area contributed by atoms with Crippen LogP contribution in [0.4, 0.5) is 5.82 Å². The van der Waals surface area contributed by atoms with Gasteiger partial charge in [-0.2, -0.15) is 0 Å². The fourth-order valence-electron chi connectivity index (χ4n) is 1.22. The zero-order valence-corrected chi connectivity index (χ0v) is 12.0. The van der Waals surface area contributed by atoms with E-state index in [4.69, 9.17) is 11.6 Å². The van der Waals surface area contributed by atoms with Crippen LogP contribution in [0, 0.1) is 0 Å². The predicted octanol–water partition coefficient (Wildman–Crippen LogP) is 2.69. The van der Waals surface area contributed by atoms with Gasteiger partial charge in [-0.3, -0.25) is 4.72 Å². The number of benzene rings is 1. The number of nitrogens with one attached hydrogen (secondary N) is 1. The summed E-state index contributed by atoms with van der Waals surface area (Å²) in [6.45, 7) is 0. The van der Waals surface area contributed by atoms with Crippen molar-refractivity contribution in [2.75, 3.05) is 4.72 Å². The number of aromatic nitrogens is 2. The summed E-state index contributed by atoms with van der Waals surface area (Å²) in [5.74, 6) is 0.120. The van der Waals surface area contributed by atoms with Gasteiger partial charge in [0.1, 0.15) is 17.3 Å². The van der Waals surface area contributed by atoms with Crippen molar-refractivity contribution in [2.45, 2.75) is 4.90 Å². The molecule has 0 amide bonds. The highest BCUT2D eigenvalue weighted by atomic mass is 79.9. The van der Waals surface area contributed by atoms with E-state index in [-0.39, 0.29) is 15.9 Å². The van der Waals surface area contributed by atoms with Gasteiger partial charge < -0.3 is 0 Å². The van der Waals surface area contributed by atoms with E-state index in [9.17, 15) is 8.42 Å². The van der Waals surface area contributed by atoms with Crippen molar-refractivity contribution in [3.05, 3.63) is 46.3 Å². The number of hydrogen-bond acceptors (Lipinski definition) is 4. The maximum atomic E-state index is 12.0. The number of halogens is 2. The van der Waals surface area contributed by atoms with Crippen LogP contribution in [0.25, 0.3) is 0 Å². The summed E-state index contributed by atoms with van der Waals surface area (Å²) in [5.41, 5.74) is 0. The molecule has 0 aliphatic carbocycles. The van der Waals surface area contributed by atoms with Crippen LogP contribution in [-0.2, 0) is 10.0 Å². The Hall–Kier alpha value is -1.18. The number of rotatable bonds is 3. The first kappa shape index (κ1) is 13.3. The molecule has 1 aromatic heterocycles. The van der Waals surface area contributed by atoms with Crippen molar-refractivity contribution < 1.29 is 8.42 Å². The third kappa shape index (κ3) is 3.18. The first-order valence-corrected chi connectivity index (χ1v) is 7.39. The van der Waals surface area contributed by atoms with Gasteiger partial charge in [0.2, 0.25) is 0 Å². The lowest BCUT2D eigenvalue weighted by molar-refractivity contribution is 0.601. The highest BCUT2D eigenvalue weighted by Crippen LogP contribution is 2.19. The van der Waals surface area contributed by atoms with Crippen LogP contribution in [0.1, 0.15) is 0 Å². The molecule has 0 aliphatic rings. The van der Waals surface area contributed by atoms with Gasteiger partial charge in [0.05, 0.1) is 4.90 Å². The molecule has 0 fully saturated rings. The maximum absolute atomic E-state index is 12.0. The molecule has 1 aromatic carbocycles. The van der Waals surface area contributed by atoms with Gasteiger partial charge in [0.25, 0.3) is 10.0 Å². The van der Waals surface area contributed by atoms with E-state index in [2.05, 4.69) is 30.6 Å².